The van der Waals surface area contributed by atoms with E-state index in [9.17, 15) is 37.2 Å². The van der Waals surface area contributed by atoms with Crippen molar-refractivity contribution in [1.82, 2.24) is 20.9 Å². The quantitative estimate of drug-likeness (QED) is 0.0162. The molecule has 0 aliphatic heterocycles. The lowest BCUT2D eigenvalue weighted by Crippen LogP contribution is -2.33. The Morgan fingerprint density at radius 1 is 0.466 bits per heavy atom. The molecule has 0 saturated heterocycles. The average molecular weight is 1330 g/mol. The first-order valence-corrected chi connectivity index (χ1v) is 34.4. The summed E-state index contributed by atoms with van der Waals surface area (Å²) < 4.78 is 56.2. The van der Waals surface area contributed by atoms with Gasteiger partial charge in [0, 0.05) is 37.9 Å². The Kier molecular flexibility index (Phi) is 47.1. The van der Waals surface area contributed by atoms with Crippen LogP contribution in [0.2, 0.25) is 0 Å². The highest BCUT2D eigenvalue weighted by Crippen LogP contribution is 2.16. The molecule has 2 aromatic rings. The third-order valence-electron chi connectivity index (χ3n) is 12.0. The standard InChI is InChI=1S/C33H56N2O6.C12H26N2O2.C12H25NO5S.C9H9BrO2/c1-32(2,3)40-29(36)18-14-10-8-12-16-24-35(26-27-19-21-28(22-20-27)30(37)39-7)25-17-13-9-11-15-23-34-31(38)41-33(4,5)6;1-12(2,3)16-11(15)14-10-8-6-4-5-7-9-13;1-12(2,3)18-11(14)13-9-7-5-6-8-10-17-19(4,15)16;1-12-9(11)8-4-2-7(6-10)3-5-8/h19-22H,8-18,23-26H2,1-7H3,(H,34,38);4-10,13H2,1-3H3,(H,14,15);5-10H2,1-4H3,(H,13,14);2-5H,6H2,1H3. The van der Waals surface area contributed by atoms with Gasteiger partial charge in [-0.1, -0.05) is 111 Å². The first-order chi connectivity index (χ1) is 41.1. The second kappa shape index (κ2) is 48.8. The zero-order chi connectivity index (χ0) is 67.1. The van der Waals surface area contributed by atoms with Crippen LogP contribution in [0.3, 0.4) is 0 Å². The number of esters is 3. The summed E-state index contributed by atoms with van der Waals surface area (Å²) in [6, 6.07) is 15.0. The fourth-order valence-corrected chi connectivity index (χ4v) is 8.66. The van der Waals surface area contributed by atoms with Crippen LogP contribution >= 0.6 is 15.9 Å². The van der Waals surface area contributed by atoms with E-state index in [0.717, 1.165) is 146 Å². The van der Waals surface area contributed by atoms with E-state index in [1.54, 1.807) is 12.1 Å². The van der Waals surface area contributed by atoms with Crippen molar-refractivity contribution in [3.63, 3.8) is 0 Å². The number of amides is 3. The smallest absolute Gasteiger partial charge is 0.407 e. The molecule has 0 radical (unpaired) electrons. The number of nitrogens with one attached hydrogen (secondary N) is 3. The van der Waals surface area contributed by atoms with Gasteiger partial charge in [-0.2, -0.15) is 8.42 Å². The molecule has 0 aliphatic rings. The molecular weight excluding hydrogens is 1210 g/mol. The molecular formula is C66H116BrN5O15S. The van der Waals surface area contributed by atoms with Crippen LogP contribution in [0.4, 0.5) is 14.4 Å². The van der Waals surface area contributed by atoms with Gasteiger partial charge in [0.15, 0.2) is 0 Å². The number of ether oxygens (including phenoxy) is 6. The van der Waals surface area contributed by atoms with Gasteiger partial charge < -0.3 is 50.1 Å². The van der Waals surface area contributed by atoms with E-state index < -0.39 is 38.6 Å². The van der Waals surface area contributed by atoms with E-state index in [1.807, 2.05) is 119 Å². The van der Waals surface area contributed by atoms with Crippen molar-refractivity contribution < 1.29 is 69.8 Å². The predicted octanol–water partition coefficient (Wildman–Crippen LogP) is 14.3. The number of unbranched alkanes of at least 4 members (excludes halogenated alkanes) is 15. The Bertz CT molecular complexity index is 2300. The summed E-state index contributed by atoms with van der Waals surface area (Å²) in [6.07, 6.45) is 20.0. The molecule has 3 amide bonds. The molecule has 2 aromatic carbocycles. The largest absolute Gasteiger partial charge is 0.465 e. The maximum absolute atomic E-state index is 11.9. The van der Waals surface area contributed by atoms with Crippen molar-refractivity contribution in [2.75, 3.05) is 66.4 Å². The van der Waals surface area contributed by atoms with Crippen LogP contribution in [0.25, 0.3) is 0 Å². The van der Waals surface area contributed by atoms with Crippen LogP contribution in [0.15, 0.2) is 48.5 Å². The number of carbonyl (C=O) groups excluding carboxylic acids is 6. The van der Waals surface area contributed by atoms with Crippen LogP contribution in [0.1, 0.15) is 243 Å². The zero-order valence-electron chi connectivity index (χ0n) is 56.6. The Labute approximate surface area is 538 Å². The maximum Gasteiger partial charge on any atom is 0.407 e. The van der Waals surface area contributed by atoms with E-state index in [0.29, 0.717) is 43.6 Å². The van der Waals surface area contributed by atoms with E-state index >= 15 is 0 Å². The fourth-order valence-electron chi connectivity index (χ4n) is 7.86. The van der Waals surface area contributed by atoms with Gasteiger partial charge in [-0.15, -0.1) is 0 Å². The molecule has 0 heterocycles. The number of halogens is 1. The third-order valence-corrected chi connectivity index (χ3v) is 13.2. The molecule has 0 unspecified atom stereocenters. The summed E-state index contributed by atoms with van der Waals surface area (Å²) in [5.74, 6) is -0.723. The van der Waals surface area contributed by atoms with Crippen molar-refractivity contribution in [3.8, 4) is 0 Å². The van der Waals surface area contributed by atoms with Gasteiger partial charge in [0.05, 0.1) is 38.2 Å². The first kappa shape index (κ1) is 85.0. The normalized spacial score (nSPS) is 11.5. The monoisotopic (exact) mass is 1330 g/mol. The lowest BCUT2D eigenvalue weighted by atomic mass is 10.1. The lowest BCUT2D eigenvalue weighted by Gasteiger charge is -2.23. The Hall–Kier alpha value is -5.03. The Morgan fingerprint density at radius 2 is 0.795 bits per heavy atom. The van der Waals surface area contributed by atoms with Gasteiger partial charge in [0.1, 0.15) is 22.4 Å². The molecule has 0 spiro atoms. The Balaban J connectivity index is 0. The first-order valence-electron chi connectivity index (χ1n) is 31.4. The number of carbonyl (C=O) groups is 6. The Morgan fingerprint density at radius 3 is 1.14 bits per heavy atom. The third kappa shape index (κ3) is 57.4. The highest BCUT2D eigenvalue weighted by molar-refractivity contribution is 9.08. The lowest BCUT2D eigenvalue weighted by molar-refractivity contribution is -0.154. The minimum Gasteiger partial charge on any atom is -0.465 e. The summed E-state index contributed by atoms with van der Waals surface area (Å²) in [7, 11) is -0.552. The van der Waals surface area contributed by atoms with Crippen LogP contribution in [-0.4, -0.2) is 138 Å². The molecule has 5 N–H and O–H groups in total. The van der Waals surface area contributed by atoms with Crippen molar-refractivity contribution in [1.29, 1.82) is 0 Å². The van der Waals surface area contributed by atoms with Crippen molar-refractivity contribution in [2.24, 2.45) is 5.73 Å². The maximum atomic E-state index is 11.9. The number of hydrogen-bond donors (Lipinski definition) is 4. The van der Waals surface area contributed by atoms with Crippen molar-refractivity contribution in [3.05, 3.63) is 70.8 Å². The van der Waals surface area contributed by atoms with E-state index in [2.05, 4.69) is 45.7 Å². The number of methoxy groups -OCH3 is 2. The molecule has 20 nitrogen and oxygen atoms in total. The van der Waals surface area contributed by atoms with Crippen molar-refractivity contribution in [2.45, 2.75) is 246 Å². The molecule has 22 heteroatoms. The van der Waals surface area contributed by atoms with Gasteiger partial charge in [-0.05, 0) is 189 Å². The minimum atomic E-state index is -3.32. The van der Waals surface area contributed by atoms with Gasteiger partial charge >= 0.3 is 36.2 Å². The average Bonchev–Trinajstić information content (AvgIpc) is 3.59. The summed E-state index contributed by atoms with van der Waals surface area (Å²) in [4.78, 5) is 71.4. The van der Waals surface area contributed by atoms with Gasteiger partial charge in [-0.3, -0.25) is 13.9 Å². The molecule has 0 aromatic heterocycles. The fraction of sp³-hybridized carbons (Fsp3) is 0.727. The number of nitrogens with two attached hydrogens (primary N) is 1. The van der Waals surface area contributed by atoms with Gasteiger partial charge in [0.25, 0.3) is 10.1 Å². The van der Waals surface area contributed by atoms with E-state index in [-0.39, 0.29) is 36.7 Å². The second-order valence-electron chi connectivity index (χ2n) is 25.4. The highest BCUT2D eigenvalue weighted by Gasteiger charge is 2.19. The molecule has 0 bridgehead atoms. The number of rotatable bonds is 36. The van der Waals surface area contributed by atoms with E-state index in [1.165, 1.54) is 32.6 Å². The zero-order valence-corrected chi connectivity index (χ0v) is 59.0. The molecule has 0 saturated carbocycles. The van der Waals surface area contributed by atoms with Gasteiger partial charge in [-0.25, -0.2) is 24.0 Å². The van der Waals surface area contributed by atoms with Gasteiger partial charge in [0.2, 0.25) is 0 Å². The van der Waals surface area contributed by atoms with Crippen LogP contribution in [0.5, 0.6) is 0 Å². The number of alkyl carbamates (subject to hydrolysis) is 3. The van der Waals surface area contributed by atoms with E-state index in [4.69, 9.17) is 29.4 Å². The molecule has 0 atom stereocenters. The minimum absolute atomic E-state index is 0.110. The topological polar surface area (TPSA) is 267 Å². The number of nitrogens with zero attached hydrogens (tertiary/aromatic N) is 1. The molecule has 0 aliphatic carbocycles. The molecule has 88 heavy (non-hydrogen) atoms. The number of benzene rings is 2. The number of hydrogen-bond acceptors (Lipinski definition) is 17. The predicted molar refractivity (Wildman–Crippen MR) is 354 cm³/mol. The molecule has 2 rings (SSSR count). The van der Waals surface area contributed by atoms with Crippen LogP contribution in [-0.2, 0) is 59.4 Å². The highest BCUT2D eigenvalue weighted by atomic mass is 79.9. The SMILES string of the molecule is CC(C)(C)OC(=O)NCCCCCCCN.CC(C)(C)OC(=O)NCCCCCCOS(C)(=O)=O.COC(=O)c1ccc(CBr)cc1.COC(=O)c1ccc(CN(CCCCCCCNC(=O)OC(C)(C)C)CCCCCCCC(=O)OC(C)(C)C)cc1. The number of alkyl halides is 1. The summed E-state index contributed by atoms with van der Waals surface area (Å²) >= 11 is 3.32. The molecule has 508 valence electrons. The van der Waals surface area contributed by atoms with Crippen LogP contribution in [0, 0.1) is 0 Å². The second-order valence-corrected chi connectivity index (χ2v) is 27.6. The summed E-state index contributed by atoms with van der Waals surface area (Å²) in [5.41, 5.74) is 7.09. The summed E-state index contributed by atoms with van der Waals surface area (Å²) in [5, 5.41) is 9.03. The van der Waals surface area contributed by atoms with Crippen molar-refractivity contribution >= 4 is 62.2 Å². The summed E-state index contributed by atoms with van der Waals surface area (Å²) in [6.45, 7) is 28.1. The molecule has 0 fully saturated rings. The van der Waals surface area contributed by atoms with Crippen LogP contribution < -0.4 is 21.7 Å².